The second kappa shape index (κ2) is 7.95. The summed E-state index contributed by atoms with van der Waals surface area (Å²) in [5.74, 6) is -0.505. The van der Waals surface area contributed by atoms with Crippen LogP contribution in [0.4, 0.5) is 10.1 Å². The quantitative estimate of drug-likeness (QED) is 0.529. The first kappa shape index (κ1) is 18.0. The van der Waals surface area contributed by atoms with Crippen LogP contribution in [0.1, 0.15) is 31.0 Å². The van der Waals surface area contributed by atoms with Crippen molar-refractivity contribution in [1.29, 1.82) is 0 Å². The third kappa shape index (κ3) is 4.56. The molecule has 0 aliphatic carbocycles. The molecule has 0 spiro atoms. The van der Waals surface area contributed by atoms with Crippen LogP contribution in [0.5, 0.6) is 0 Å². The Kier molecular flexibility index (Phi) is 6.22. The number of hydrogen-bond donors (Lipinski definition) is 2. The number of nitrogens with one attached hydrogen (secondary N) is 2. The van der Waals surface area contributed by atoms with Gasteiger partial charge >= 0.3 is 0 Å². The van der Waals surface area contributed by atoms with Crippen molar-refractivity contribution in [3.8, 4) is 0 Å². The lowest BCUT2D eigenvalue weighted by molar-refractivity contribution is 0.619. The molecule has 2 N–H and O–H groups in total. The minimum Gasteiger partial charge on any atom is -0.356 e. The van der Waals surface area contributed by atoms with Crippen LogP contribution in [0.2, 0.25) is 10.0 Å². The number of aryl methyl sites for hydroxylation is 1. The van der Waals surface area contributed by atoms with Gasteiger partial charge in [0.2, 0.25) is 0 Å². The molecular formula is C17H17Cl2FN2S. The van der Waals surface area contributed by atoms with Crippen molar-refractivity contribution >= 4 is 46.2 Å². The van der Waals surface area contributed by atoms with Gasteiger partial charge in [0.15, 0.2) is 5.11 Å². The van der Waals surface area contributed by atoms with Gasteiger partial charge in [0.1, 0.15) is 5.82 Å². The number of para-hydroxylation sites is 1. The maximum Gasteiger partial charge on any atom is 0.171 e. The molecule has 0 bridgehead atoms. The Labute approximate surface area is 151 Å². The number of hydrogen-bond acceptors (Lipinski definition) is 1. The molecule has 0 aliphatic rings. The molecule has 0 unspecified atom stereocenters. The molecule has 0 aliphatic heterocycles. The van der Waals surface area contributed by atoms with E-state index in [1.54, 1.807) is 0 Å². The van der Waals surface area contributed by atoms with Crippen molar-refractivity contribution in [3.05, 3.63) is 63.4 Å². The minimum absolute atomic E-state index is 0.00326. The van der Waals surface area contributed by atoms with E-state index < -0.39 is 5.82 Å². The van der Waals surface area contributed by atoms with Crippen LogP contribution in [0.25, 0.3) is 0 Å². The SMILES string of the molecule is CCc1ccccc1NC(=S)N[C@@H](C)c1cc(F)c(Cl)cc1Cl. The molecule has 0 saturated carbocycles. The highest BCUT2D eigenvalue weighted by atomic mass is 35.5. The average Bonchev–Trinajstić information content (AvgIpc) is 2.51. The minimum atomic E-state index is -0.505. The molecule has 2 nitrogen and oxygen atoms in total. The summed E-state index contributed by atoms with van der Waals surface area (Å²) in [5.41, 5.74) is 2.72. The van der Waals surface area contributed by atoms with Crippen LogP contribution < -0.4 is 10.6 Å². The normalized spacial score (nSPS) is 11.9. The molecule has 0 aromatic heterocycles. The zero-order valence-corrected chi connectivity index (χ0v) is 15.1. The molecule has 23 heavy (non-hydrogen) atoms. The standard InChI is InChI=1S/C17H17Cl2FN2S/c1-3-11-6-4-5-7-16(11)22-17(23)21-10(2)12-8-15(20)14(19)9-13(12)18/h4-10H,3H2,1-2H3,(H2,21,22,23)/t10-/m0/s1. The van der Waals surface area contributed by atoms with Gasteiger partial charge in [0, 0.05) is 10.7 Å². The number of rotatable bonds is 4. The Hall–Kier alpha value is -1.36. The highest BCUT2D eigenvalue weighted by molar-refractivity contribution is 7.80. The fraction of sp³-hybridized carbons (Fsp3) is 0.235. The summed E-state index contributed by atoms with van der Waals surface area (Å²) in [6.45, 7) is 3.93. The van der Waals surface area contributed by atoms with Gasteiger partial charge in [0.25, 0.3) is 0 Å². The van der Waals surface area contributed by atoms with Gasteiger partial charge in [-0.05, 0) is 54.9 Å². The van der Waals surface area contributed by atoms with Crippen molar-refractivity contribution in [2.45, 2.75) is 26.3 Å². The van der Waals surface area contributed by atoms with Gasteiger partial charge in [-0.15, -0.1) is 0 Å². The molecular weight excluding hydrogens is 354 g/mol. The average molecular weight is 371 g/mol. The van der Waals surface area contributed by atoms with Gasteiger partial charge in [0.05, 0.1) is 11.1 Å². The molecule has 0 amide bonds. The second-order valence-corrected chi connectivity index (χ2v) is 6.34. The van der Waals surface area contributed by atoms with E-state index in [1.165, 1.54) is 17.7 Å². The van der Waals surface area contributed by atoms with Crippen LogP contribution in [-0.4, -0.2) is 5.11 Å². The Morgan fingerprint density at radius 3 is 2.61 bits per heavy atom. The lowest BCUT2D eigenvalue weighted by Gasteiger charge is -2.19. The zero-order chi connectivity index (χ0) is 17.0. The Bertz CT molecular complexity index is 722. The molecule has 6 heteroatoms. The molecule has 2 aromatic carbocycles. The van der Waals surface area contributed by atoms with Gasteiger partial charge in [-0.2, -0.15) is 0 Å². The summed E-state index contributed by atoms with van der Waals surface area (Å²) in [7, 11) is 0. The van der Waals surface area contributed by atoms with Crippen LogP contribution >= 0.6 is 35.4 Å². The first-order valence-corrected chi connectivity index (χ1v) is 8.38. The summed E-state index contributed by atoms with van der Waals surface area (Å²) in [5, 5.41) is 7.12. The predicted molar refractivity (Wildman–Crippen MR) is 100 cm³/mol. The van der Waals surface area contributed by atoms with Crippen LogP contribution in [-0.2, 0) is 6.42 Å². The van der Waals surface area contributed by atoms with E-state index in [1.807, 2.05) is 31.2 Å². The highest BCUT2D eigenvalue weighted by Gasteiger charge is 2.14. The van der Waals surface area contributed by atoms with Crippen molar-refractivity contribution in [1.82, 2.24) is 5.32 Å². The number of halogens is 3. The monoisotopic (exact) mass is 370 g/mol. The molecule has 0 fully saturated rings. The Balaban J connectivity index is 2.09. The van der Waals surface area contributed by atoms with Gasteiger partial charge in [-0.3, -0.25) is 0 Å². The summed E-state index contributed by atoms with van der Waals surface area (Å²) in [6.07, 6.45) is 0.898. The summed E-state index contributed by atoms with van der Waals surface area (Å²) < 4.78 is 13.6. The molecule has 2 rings (SSSR count). The third-order valence-corrected chi connectivity index (χ3v) is 4.34. The largest absolute Gasteiger partial charge is 0.356 e. The molecule has 1 atom stereocenters. The van der Waals surface area contributed by atoms with E-state index in [4.69, 9.17) is 35.4 Å². The van der Waals surface area contributed by atoms with Crippen molar-refractivity contribution < 1.29 is 4.39 Å². The van der Waals surface area contributed by atoms with E-state index >= 15 is 0 Å². The third-order valence-electron chi connectivity index (χ3n) is 3.50. The lowest BCUT2D eigenvalue weighted by Crippen LogP contribution is -2.31. The number of thiocarbonyl (C=S) groups is 1. The second-order valence-electron chi connectivity index (χ2n) is 5.12. The predicted octanol–water partition coefficient (Wildman–Crippen LogP) is 5.74. The van der Waals surface area contributed by atoms with Crippen LogP contribution in [0.3, 0.4) is 0 Å². The van der Waals surface area contributed by atoms with Gasteiger partial charge in [-0.25, -0.2) is 4.39 Å². The van der Waals surface area contributed by atoms with E-state index in [0.29, 0.717) is 15.7 Å². The fourth-order valence-corrected chi connectivity index (χ4v) is 3.09. The van der Waals surface area contributed by atoms with E-state index in [2.05, 4.69) is 17.6 Å². The topological polar surface area (TPSA) is 24.1 Å². The van der Waals surface area contributed by atoms with Crippen molar-refractivity contribution in [2.24, 2.45) is 0 Å². The Morgan fingerprint density at radius 1 is 1.22 bits per heavy atom. The van der Waals surface area contributed by atoms with Gasteiger partial charge in [-0.1, -0.05) is 48.3 Å². The van der Waals surface area contributed by atoms with E-state index in [-0.39, 0.29) is 11.1 Å². The van der Waals surface area contributed by atoms with E-state index in [0.717, 1.165) is 12.1 Å². The van der Waals surface area contributed by atoms with Crippen LogP contribution in [0.15, 0.2) is 36.4 Å². The van der Waals surface area contributed by atoms with Crippen molar-refractivity contribution in [2.75, 3.05) is 5.32 Å². The molecule has 2 aromatic rings. The summed E-state index contributed by atoms with van der Waals surface area (Å²) >= 11 is 17.2. The lowest BCUT2D eigenvalue weighted by atomic mass is 10.1. The summed E-state index contributed by atoms with van der Waals surface area (Å²) in [6, 6.07) is 10.4. The molecule has 0 saturated heterocycles. The maximum atomic E-state index is 13.6. The maximum absolute atomic E-state index is 13.6. The molecule has 122 valence electrons. The Morgan fingerprint density at radius 2 is 1.91 bits per heavy atom. The smallest absolute Gasteiger partial charge is 0.171 e. The summed E-state index contributed by atoms with van der Waals surface area (Å²) in [4.78, 5) is 0. The molecule has 0 radical (unpaired) electrons. The highest BCUT2D eigenvalue weighted by Crippen LogP contribution is 2.28. The number of anilines is 1. The molecule has 0 heterocycles. The zero-order valence-electron chi connectivity index (χ0n) is 12.8. The first-order valence-electron chi connectivity index (χ1n) is 7.22. The number of benzene rings is 2. The van der Waals surface area contributed by atoms with E-state index in [9.17, 15) is 4.39 Å². The fourth-order valence-electron chi connectivity index (χ4n) is 2.25. The van der Waals surface area contributed by atoms with Crippen LogP contribution in [0, 0.1) is 5.82 Å². The van der Waals surface area contributed by atoms with Gasteiger partial charge < -0.3 is 10.6 Å². The van der Waals surface area contributed by atoms with Crippen molar-refractivity contribution in [3.63, 3.8) is 0 Å². The first-order chi connectivity index (χ1) is 10.9.